The second-order valence-corrected chi connectivity index (χ2v) is 3.29. The molecule has 0 aromatic carbocycles. The third-order valence-corrected chi connectivity index (χ3v) is 2.43. The first-order valence-electron chi connectivity index (χ1n) is 4.93. The lowest BCUT2D eigenvalue weighted by molar-refractivity contribution is 0.509. The van der Waals surface area contributed by atoms with Crippen molar-refractivity contribution in [3.8, 4) is 0 Å². The van der Waals surface area contributed by atoms with Gasteiger partial charge in [-0.25, -0.2) is 0 Å². The first-order valence-corrected chi connectivity index (χ1v) is 4.93. The fourth-order valence-electron chi connectivity index (χ4n) is 1.44. The first-order chi connectivity index (χ1) is 6.36. The summed E-state index contributed by atoms with van der Waals surface area (Å²) in [6, 6.07) is 4.82. The summed E-state index contributed by atoms with van der Waals surface area (Å²) in [4.78, 5) is 4.00. The zero-order chi connectivity index (χ0) is 9.52. The van der Waals surface area contributed by atoms with Gasteiger partial charge < -0.3 is 5.32 Å². The predicted octanol–water partition coefficient (Wildman–Crippen LogP) is 2.01. The molecule has 0 saturated heterocycles. The number of rotatable bonds is 5. The summed E-state index contributed by atoms with van der Waals surface area (Å²) in [7, 11) is 2.03. The molecular formula is C11H18N2. The van der Waals surface area contributed by atoms with Gasteiger partial charge in [-0.1, -0.05) is 6.92 Å². The molecule has 1 aromatic rings. The van der Waals surface area contributed by atoms with Gasteiger partial charge in [0.05, 0.1) is 0 Å². The van der Waals surface area contributed by atoms with Gasteiger partial charge in [0.25, 0.3) is 0 Å². The fourth-order valence-corrected chi connectivity index (χ4v) is 1.44. The smallest absolute Gasteiger partial charge is 0.0270 e. The molecule has 1 aromatic heterocycles. The van der Waals surface area contributed by atoms with Crippen molar-refractivity contribution in [1.29, 1.82) is 0 Å². The third kappa shape index (κ3) is 3.55. The molecule has 0 bridgehead atoms. The van der Waals surface area contributed by atoms with Gasteiger partial charge in [-0.05, 0) is 44.0 Å². The average Bonchev–Trinajstić information content (AvgIpc) is 2.21. The topological polar surface area (TPSA) is 24.9 Å². The van der Waals surface area contributed by atoms with Crippen LogP contribution in [-0.4, -0.2) is 18.1 Å². The van der Waals surface area contributed by atoms with Gasteiger partial charge in [0, 0.05) is 18.4 Å². The van der Waals surface area contributed by atoms with Crippen molar-refractivity contribution in [2.75, 3.05) is 7.05 Å². The van der Waals surface area contributed by atoms with Gasteiger partial charge in [0.1, 0.15) is 0 Å². The van der Waals surface area contributed by atoms with E-state index in [9.17, 15) is 0 Å². The zero-order valence-electron chi connectivity index (χ0n) is 8.46. The number of pyridine rings is 1. The van der Waals surface area contributed by atoms with Crippen LogP contribution in [0.3, 0.4) is 0 Å². The highest BCUT2D eigenvalue weighted by Crippen LogP contribution is 2.05. The number of hydrogen-bond acceptors (Lipinski definition) is 2. The van der Waals surface area contributed by atoms with E-state index in [2.05, 4.69) is 29.4 Å². The Balaban J connectivity index is 2.34. The van der Waals surface area contributed by atoms with E-state index in [1.807, 2.05) is 19.4 Å². The Labute approximate surface area is 80.4 Å². The van der Waals surface area contributed by atoms with Crippen molar-refractivity contribution >= 4 is 0 Å². The predicted molar refractivity (Wildman–Crippen MR) is 55.7 cm³/mol. The second kappa shape index (κ2) is 5.70. The Hall–Kier alpha value is -0.890. The van der Waals surface area contributed by atoms with Crippen LogP contribution < -0.4 is 5.32 Å². The fraction of sp³-hybridized carbons (Fsp3) is 0.545. The lowest BCUT2D eigenvalue weighted by atomic mass is 10.0. The largest absolute Gasteiger partial charge is 0.317 e. The van der Waals surface area contributed by atoms with Crippen molar-refractivity contribution < 1.29 is 0 Å². The summed E-state index contributed by atoms with van der Waals surface area (Å²) in [5.74, 6) is 0. The maximum absolute atomic E-state index is 4.00. The SMILES string of the molecule is CCC(CCc1ccncc1)NC. The van der Waals surface area contributed by atoms with Gasteiger partial charge in [-0.2, -0.15) is 0 Å². The van der Waals surface area contributed by atoms with Crippen molar-refractivity contribution in [1.82, 2.24) is 10.3 Å². The highest BCUT2D eigenvalue weighted by molar-refractivity contribution is 5.09. The minimum atomic E-state index is 0.646. The monoisotopic (exact) mass is 178 g/mol. The quantitative estimate of drug-likeness (QED) is 0.746. The molecular weight excluding hydrogens is 160 g/mol. The molecule has 0 saturated carbocycles. The standard InChI is InChI=1S/C11H18N2/c1-3-11(12-2)5-4-10-6-8-13-9-7-10/h6-9,11-12H,3-5H2,1-2H3. The molecule has 0 aliphatic rings. The molecule has 0 spiro atoms. The van der Waals surface area contributed by atoms with Gasteiger partial charge in [-0.3, -0.25) is 4.98 Å². The Morgan fingerprint density at radius 3 is 2.62 bits per heavy atom. The number of hydrogen-bond donors (Lipinski definition) is 1. The maximum atomic E-state index is 4.00. The van der Waals surface area contributed by atoms with Crippen LogP contribution >= 0.6 is 0 Å². The summed E-state index contributed by atoms with van der Waals surface area (Å²) in [5, 5.41) is 3.31. The maximum Gasteiger partial charge on any atom is 0.0270 e. The highest BCUT2D eigenvalue weighted by atomic mass is 14.9. The van der Waals surface area contributed by atoms with Crippen molar-refractivity contribution in [2.45, 2.75) is 32.2 Å². The van der Waals surface area contributed by atoms with E-state index in [0.29, 0.717) is 6.04 Å². The molecule has 1 heterocycles. The van der Waals surface area contributed by atoms with E-state index in [1.54, 1.807) is 0 Å². The molecule has 72 valence electrons. The van der Waals surface area contributed by atoms with Crippen LogP contribution in [0.4, 0.5) is 0 Å². The van der Waals surface area contributed by atoms with E-state index in [-0.39, 0.29) is 0 Å². The van der Waals surface area contributed by atoms with Gasteiger partial charge in [0.15, 0.2) is 0 Å². The highest BCUT2D eigenvalue weighted by Gasteiger charge is 2.02. The summed E-state index contributed by atoms with van der Waals surface area (Å²) in [6.07, 6.45) is 7.26. The number of aryl methyl sites for hydroxylation is 1. The average molecular weight is 178 g/mol. The summed E-state index contributed by atoms with van der Waals surface area (Å²) >= 11 is 0. The number of nitrogens with one attached hydrogen (secondary N) is 1. The molecule has 1 N–H and O–H groups in total. The normalized spacial score (nSPS) is 12.8. The van der Waals surface area contributed by atoms with Crippen molar-refractivity contribution in [3.05, 3.63) is 30.1 Å². The van der Waals surface area contributed by atoms with Gasteiger partial charge in [0.2, 0.25) is 0 Å². The molecule has 2 nitrogen and oxygen atoms in total. The summed E-state index contributed by atoms with van der Waals surface area (Å²) < 4.78 is 0. The van der Waals surface area contributed by atoms with E-state index < -0.39 is 0 Å². The first kappa shape index (κ1) is 10.2. The second-order valence-electron chi connectivity index (χ2n) is 3.29. The van der Waals surface area contributed by atoms with Crippen LogP contribution in [0, 0.1) is 0 Å². The van der Waals surface area contributed by atoms with Crippen LogP contribution in [-0.2, 0) is 6.42 Å². The zero-order valence-corrected chi connectivity index (χ0v) is 8.46. The molecule has 0 amide bonds. The number of aromatic nitrogens is 1. The Morgan fingerprint density at radius 1 is 1.38 bits per heavy atom. The molecule has 0 aliphatic heterocycles. The van der Waals surface area contributed by atoms with Gasteiger partial charge in [-0.15, -0.1) is 0 Å². The summed E-state index contributed by atoms with van der Waals surface area (Å²) in [5.41, 5.74) is 1.38. The Morgan fingerprint density at radius 2 is 2.08 bits per heavy atom. The van der Waals surface area contributed by atoms with Crippen LogP contribution in [0.1, 0.15) is 25.3 Å². The molecule has 13 heavy (non-hydrogen) atoms. The van der Waals surface area contributed by atoms with E-state index in [0.717, 1.165) is 6.42 Å². The third-order valence-electron chi connectivity index (χ3n) is 2.43. The molecule has 1 unspecified atom stereocenters. The molecule has 0 fully saturated rings. The Kier molecular flexibility index (Phi) is 4.47. The van der Waals surface area contributed by atoms with Crippen LogP contribution in [0.2, 0.25) is 0 Å². The molecule has 1 atom stereocenters. The molecule has 2 heteroatoms. The van der Waals surface area contributed by atoms with E-state index >= 15 is 0 Å². The van der Waals surface area contributed by atoms with Crippen LogP contribution in [0.25, 0.3) is 0 Å². The minimum absolute atomic E-state index is 0.646. The van der Waals surface area contributed by atoms with Gasteiger partial charge >= 0.3 is 0 Å². The number of nitrogens with zero attached hydrogens (tertiary/aromatic N) is 1. The van der Waals surface area contributed by atoms with Crippen LogP contribution in [0.15, 0.2) is 24.5 Å². The lowest BCUT2D eigenvalue weighted by Gasteiger charge is -2.12. The Bertz CT molecular complexity index is 217. The lowest BCUT2D eigenvalue weighted by Crippen LogP contribution is -2.24. The minimum Gasteiger partial charge on any atom is -0.317 e. The van der Waals surface area contributed by atoms with Crippen molar-refractivity contribution in [2.24, 2.45) is 0 Å². The van der Waals surface area contributed by atoms with E-state index in [4.69, 9.17) is 0 Å². The summed E-state index contributed by atoms with van der Waals surface area (Å²) in [6.45, 7) is 2.22. The van der Waals surface area contributed by atoms with E-state index in [1.165, 1.54) is 18.4 Å². The van der Waals surface area contributed by atoms with Crippen molar-refractivity contribution in [3.63, 3.8) is 0 Å². The molecule has 1 rings (SSSR count). The molecule has 0 radical (unpaired) electrons. The van der Waals surface area contributed by atoms with Crippen LogP contribution in [0.5, 0.6) is 0 Å². The molecule has 0 aliphatic carbocycles.